The van der Waals surface area contributed by atoms with Crippen molar-refractivity contribution in [3.63, 3.8) is 0 Å². The molecule has 1 aromatic carbocycles. The summed E-state index contributed by atoms with van der Waals surface area (Å²) in [4.78, 5) is 13.1. The zero-order chi connectivity index (χ0) is 19.5. The maximum atomic E-state index is 10.1. The second-order valence-electron chi connectivity index (χ2n) is 7.52. The number of hydrogen-bond acceptors (Lipinski definition) is 8. The van der Waals surface area contributed by atoms with Crippen LogP contribution in [0.5, 0.6) is 0 Å². The highest BCUT2D eigenvalue weighted by molar-refractivity contribution is 5.79. The molecule has 1 saturated heterocycles. The first-order valence-electron chi connectivity index (χ1n) is 9.59. The topological polar surface area (TPSA) is 90.6 Å². The van der Waals surface area contributed by atoms with E-state index in [9.17, 15) is 5.11 Å². The van der Waals surface area contributed by atoms with Crippen molar-refractivity contribution >= 4 is 22.6 Å². The molecule has 28 heavy (non-hydrogen) atoms. The van der Waals surface area contributed by atoms with Crippen LogP contribution in [0.25, 0.3) is 11.0 Å². The van der Waals surface area contributed by atoms with E-state index >= 15 is 0 Å². The van der Waals surface area contributed by atoms with E-state index < -0.39 is 0 Å². The van der Waals surface area contributed by atoms with Crippen LogP contribution in [0.4, 0.5) is 11.6 Å². The Bertz CT molecular complexity index is 928. The molecule has 2 N–H and O–H groups in total. The lowest BCUT2D eigenvalue weighted by atomic mass is 10.2. The van der Waals surface area contributed by atoms with E-state index in [4.69, 9.17) is 4.52 Å². The molecule has 1 aliphatic heterocycles. The SMILES string of the molecule is CN(C)C[C@H]1C[C@@H](O)CN1c1cc(NCCc2noc3ccccc23)ncn1. The molecule has 148 valence electrons. The van der Waals surface area contributed by atoms with Crippen LogP contribution in [-0.4, -0.2) is 71.0 Å². The molecule has 3 aromatic rings. The first-order chi connectivity index (χ1) is 13.6. The monoisotopic (exact) mass is 382 g/mol. The minimum Gasteiger partial charge on any atom is -0.391 e. The van der Waals surface area contributed by atoms with Crippen LogP contribution in [0.15, 0.2) is 41.2 Å². The number of nitrogens with one attached hydrogen (secondary N) is 1. The molecule has 1 fully saturated rings. The fourth-order valence-electron chi connectivity index (χ4n) is 3.80. The molecule has 0 radical (unpaired) electrons. The van der Waals surface area contributed by atoms with E-state index in [0.717, 1.165) is 47.7 Å². The lowest BCUT2D eigenvalue weighted by molar-refractivity contribution is 0.191. The summed E-state index contributed by atoms with van der Waals surface area (Å²) in [5.74, 6) is 1.61. The number of aromatic nitrogens is 3. The van der Waals surface area contributed by atoms with Gasteiger partial charge >= 0.3 is 0 Å². The van der Waals surface area contributed by atoms with E-state index in [0.29, 0.717) is 13.1 Å². The standard InChI is InChI=1S/C20H26N6O2/c1-25(2)11-14-9-15(27)12-26(14)20-10-19(22-13-23-20)21-8-7-17-16-5-3-4-6-18(16)28-24-17/h3-6,10,13-15,27H,7-9,11-12H2,1-2H3,(H,21,22,23)/t14-,15-/m1/s1. The van der Waals surface area contributed by atoms with E-state index in [2.05, 4.69) is 30.2 Å². The Labute approximate surface area is 164 Å². The van der Waals surface area contributed by atoms with Gasteiger partial charge in [-0.05, 0) is 32.6 Å². The quantitative estimate of drug-likeness (QED) is 0.639. The van der Waals surface area contributed by atoms with Crippen molar-refractivity contribution < 1.29 is 9.63 Å². The number of rotatable bonds is 7. The zero-order valence-electron chi connectivity index (χ0n) is 16.2. The van der Waals surface area contributed by atoms with E-state index in [1.54, 1.807) is 6.33 Å². The normalized spacial score (nSPS) is 19.6. The lowest BCUT2D eigenvalue weighted by Crippen LogP contribution is -2.38. The molecule has 2 atom stereocenters. The van der Waals surface area contributed by atoms with Gasteiger partial charge in [-0.3, -0.25) is 0 Å². The number of nitrogens with zero attached hydrogens (tertiary/aromatic N) is 5. The summed E-state index contributed by atoms with van der Waals surface area (Å²) < 4.78 is 5.35. The van der Waals surface area contributed by atoms with E-state index in [-0.39, 0.29) is 12.1 Å². The number of benzene rings is 1. The smallest absolute Gasteiger partial charge is 0.167 e. The molecule has 0 amide bonds. The molecule has 1 aliphatic rings. The Morgan fingerprint density at radius 2 is 2.14 bits per heavy atom. The van der Waals surface area contributed by atoms with Crippen molar-refractivity contribution in [1.82, 2.24) is 20.0 Å². The van der Waals surface area contributed by atoms with Gasteiger partial charge in [0.25, 0.3) is 0 Å². The molecule has 0 saturated carbocycles. The number of aliphatic hydroxyl groups excluding tert-OH is 1. The summed E-state index contributed by atoms with van der Waals surface area (Å²) in [6.45, 7) is 2.17. The molecule has 8 nitrogen and oxygen atoms in total. The van der Waals surface area contributed by atoms with Crippen LogP contribution in [0.3, 0.4) is 0 Å². The summed E-state index contributed by atoms with van der Waals surface area (Å²) in [5.41, 5.74) is 1.74. The third-order valence-corrected chi connectivity index (χ3v) is 5.04. The van der Waals surface area contributed by atoms with Gasteiger partial charge in [0, 0.05) is 43.5 Å². The molecule has 0 aliphatic carbocycles. The highest BCUT2D eigenvalue weighted by Gasteiger charge is 2.32. The average Bonchev–Trinajstić information content (AvgIpc) is 3.25. The molecule has 0 bridgehead atoms. The first-order valence-corrected chi connectivity index (χ1v) is 9.59. The van der Waals surface area contributed by atoms with Gasteiger partial charge in [-0.25, -0.2) is 9.97 Å². The van der Waals surface area contributed by atoms with Gasteiger partial charge in [0.2, 0.25) is 0 Å². The van der Waals surface area contributed by atoms with E-state index in [1.807, 2.05) is 44.4 Å². The molecular formula is C20H26N6O2. The van der Waals surface area contributed by atoms with Crippen molar-refractivity contribution in [2.45, 2.75) is 25.0 Å². The molecular weight excluding hydrogens is 356 g/mol. The molecule has 2 aromatic heterocycles. The van der Waals surface area contributed by atoms with Gasteiger partial charge in [-0.2, -0.15) is 0 Å². The first kappa shape index (κ1) is 18.6. The Morgan fingerprint density at radius 3 is 3.00 bits per heavy atom. The Balaban J connectivity index is 1.41. The summed E-state index contributed by atoms with van der Waals surface area (Å²) >= 11 is 0. The van der Waals surface area contributed by atoms with Crippen LogP contribution in [0, 0.1) is 0 Å². The third-order valence-electron chi connectivity index (χ3n) is 5.04. The van der Waals surface area contributed by atoms with Gasteiger partial charge in [0.1, 0.15) is 18.0 Å². The maximum Gasteiger partial charge on any atom is 0.167 e. The number of fused-ring (bicyclic) bond motifs is 1. The van der Waals surface area contributed by atoms with Crippen LogP contribution in [0.2, 0.25) is 0 Å². The molecule has 3 heterocycles. The Morgan fingerprint density at radius 1 is 1.29 bits per heavy atom. The summed E-state index contributed by atoms with van der Waals surface area (Å²) in [6, 6.07) is 10.1. The van der Waals surface area contributed by atoms with Gasteiger partial charge in [0.05, 0.1) is 11.8 Å². The Kier molecular flexibility index (Phi) is 5.40. The van der Waals surface area contributed by atoms with E-state index in [1.165, 1.54) is 0 Å². The number of anilines is 2. The maximum absolute atomic E-state index is 10.1. The van der Waals surface area contributed by atoms with Gasteiger partial charge in [0.15, 0.2) is 5.58 Å². The van der Waals surface area contributed by atoms with Crippen LogP contribution in [0.1, 0.15) is 12.1 Å². The zero-order valence-corrected chi connectivity index (χ0v) is 16.2. The third kappa shape index (κ3) is 4.07. The van der Waals surface area contributed by atoms with Crippen molar-refractivity contribution in [2.75, 3.05) is 43.9 Å². The van der Waals surface area contributed by atoms with Crippen molar-refractivity contribution in [2.24, 2.45) is 0 Å². The average molecular weight is 382 g/mol. The molecule has 0 spiro atoms. The minimum absolute atomic E-state index is 0.245. The number of aliphatic hydroxyl groups is 1. The fraction of sp³-hybridized carbons (Fsp3) is 0.450. The van der Waals surface area contributed by atoms with Gasteiger partial charge < -0.3 is 24.7 Å². The fourth-order valence-corrected chi connectivity index (χ4v) is 3.80. The number of para-hydroxylation sites is 1. The van der Waals surface area contributed by atoms with Crippen LogP contribution >= 0.6 is 0 Å². The molecule has 4 rings (SSSR count). The minimum atomic E-state index is -0.322. The highest BCUT2D eigenvalue weighted by atomic mass is 16.5. The van der Waals surface area contributed by atoms with Gasteiger partial charge in [-0.15, -0.1) is 0 Å². The van der Waals surface area contributed by atoms with Crippen LogP contribution < -0.4 is 10.2 Å². The number of hydrogen-bond donors (Lipinski definition) is 2. The predicted molar refractivity (Wildman–Crippen MR) is 109 cm³/mol. The number of likely N-dealkylation sites (N-methyl/N-ethyl adjacent to an activating group) is 1. The van der Waals surface area contributed by atoms with Crippen molar-refractivity contribution in [1.29, 1.82) is 0 Å². The Hall–Kier alpha value is -2.71. The second-order valence-corrected chi connectivity index (χ2v) is 7.52. The summed E-state index contributed by atoms with van der Waals surface area (Å²) in [5, 5.41) is 18.7. The number of β-amino-alcohol motifs (C(OH)–C–C–N with tert-alkyl or cyclic N) is 1. The predicted octanol–water partition coefficient (Wildman–Crippen LogP) is 1.77. The highest BCUT2D eigenvalue weighted by Crippen LogP contribution is 2.26. The van der Waals surface area contributed by atoms with Gasteiger partial charge in [-0.1, -0.05) is 17.3 Å². The second kappa shape index (κ2) is 8.12. The lowest BCUT2D eigenvalue weighted by Gasteiger charge is -2.27. The summed E-state index contributed by atoms with van der Waals surface area (Å²) in [6.07, 6.45) is 2.74. The molecule has 8 heteroatoms. The van der Waals surface area contributed by atoms with Crippen molar-refractivity contribution in [3.8, 4) is 0 Å². The summed E-state index contributed by atoms with van der Waals surface area (Å²) in [7, 11) is 4.09. The largest absolute Gasteiger partial charge is 0.391 e. The van der Waals surface area contributed by atoms with Crippen molar-refractivity contribution in [3.05, 3.63) is 42.4 Å². The molecule has 0 unspecified atom stereocenters. The van der Waals surface area contributed by atoms with Crippen LogP contribution in [-0.2, 0) is 6.42 Å².